The van der Waals surface area contributed by atoms with E-state index in [4.69, 9.17) is 26.2 Å². The predicted molar refractivity (Wildman–Crippen MR) is 132 cm³/mol. The van der Waals surface area contributed by atoms with E-state index in [0.29, 0.717) is 23.3 Å². The third kappa shape index (κ3) is 6.43. The monoisotopic (exact) mass is 551 g/mol. The molecule has 0 bridgehead atoms. The number of nitrogens with one attached hydrogen (secondary N) is 1. The second-order valence-electron chi connectivity index (χ2n) is 9.05. The average molecular weight is 552 g/mol. The first-order valence-electron chi connectivity index (χ1n) is 11.7. The highest BCUT2D eigenvalue weighted by Crippen LogP contribution is 2.34. The lowest BCUT2D eigenvalue weighted by atomic mass is 9.89. The summed E-state index contributed by atoms with van der Waals surface area (Å²) in [5, 5.41) is 19.4. The summed E-state index contributed by atoms with van der Waals surface area (Å²) in [4.78, 5) is 24.2. The summed E-state index contributed by atoms with van der Waals surface area (Å²) in [6.45, 7) is 3.60. The van der Waals surface area contributed by atoms with E-state index in [1.165, 1.54) is 0 Å². The molecule has 2 aromatic carbocycles. The number of carboxylic acid groups (broad SMARTS) is 1. The van der Waals surface area contributed by atoms with Gasteiger partial charge in [0.1, 0.15) is 11.6 Å². The van der Waals surface area contributed by atoms with Crippen molar-refractivity contribution >= 4 is 29.2 Å². The zero-order valence-electron chi connectivity index (χ0n) is 20.3. The Kier molecular flexibility index (Phi) is 8.22. The fourth-order valence-corrected chi connectivity index (χ4v) is 4.84. The number of hydrogen-bond acceptors (Lipinski definition) is 6. The Morgan fingerprint density at radius 3 is 2.37 bits per heavy atom. The van der Waals surface area contributed by atoms with Crippen LogP contribution in [0.2, 0.25) is 5.02 Å². The molecule has 5 rings (SSSR count). The molecule has 3 aromatic rings. The van der Waals surface area contributed by atoms with E-state index in [1.54, 1.807) is 7.11 Å². The minimum atomic E-state index is -5.08. The largest absolute Gasteiger partial charge is 0.497 e. The number of hydrogen-bond donors (Lipinski definition) is 2. The maximum absolute atomic E-state index is 12.8. The molecule has 2 atom stereocenters. The molecule has 202 valence electrons. The van der Waals surface area contributed by atoms with Crippen LogP contribution < -0.4 is 10.1 Å². The average Bonchev–Trinajstić information content (AvgIpc) is 3.47. The van der Waals surface area contributed by atoms with E-state index in [1.807, 2.05) is 47.0 Å². The Bertz CT molecular complexity index is 1300. The van der Waals surface area contributed by atoms with E-state index >= 15 is 0 Å². The number of rotatable bonds is 5. The number of aliphatic carboxylic acids is 1. The van der Waals surface area contributed by atoms with E-state index in [0.717, 1.165) is 54.8 Å². The third-order valence-corrected chi connectivity index (χ3v) is 6.86. The highest BCUT2D eigenvalue weighted by atomic mass is 35.5. The predicted octanol–water partition coefficient (Wildman–Crippen LogP) is 4.13. The molecule has 3 heterocycles. The summed E-state index contributed by atoms with van der Waals surface area (Å²) >= 11 is 6.35. The fourth-order valence-electron chi connectivity index (χ4n) is 4.65. The van der Waals surface area contributed by atoms with Gasteiger partial charge < -0.3 is 19.7 Å². The first-order chi connectivity index (χ1) is 18.0. The Morgan fingerprint density at radius 1 is 1.08 bits per heavy atom. The van der Waals surface area contributed by atoms with Crippen molar-refractivity contribution in [2.24, 2.45) is 11.8 Å². The lowest BCUT2D eigenvalue weighted by Crippen LogP contribution is -2.31. The van der Waals surface area contributed by atoms with Crippen molar-refractivity contribution < 1.29 is 32.6 Å². The molecule has 2 N–H and O–H groups in total. The van der Waals surface area contributed by atoms with Crippen LogP contribution in [0.1, 0.15) is 22.0 Å². The lowest BCUT2D eigenvalue weighted by molar-refractivity contribution is -0.192. The first-order valence-corrected chi connectivity index (χ1v) is 12.1. The first kappa shape index (κ1) is 27.4. The number of nitrogens with zero attached hydrogens (tertiary/aromatic N) is 4. The van der Waals surface area contributed by atoms with Crippen LogP contribution in [-0.4, -0.2) is 63.0 Å². The van der Waals surface area contributed by atoms with Crippen molar-refractivity contribution in [2.75, 3.05) is 25.5 Å². The number of aromatic nitrogens is 3. The molecule has 2 aliphatic rings. The molecule has 1 aromatic heterocycles. The SMILES string of the molecule is COc1ccc(NC(=O)c2nnc3n2CC2CN(Cc4ccccc4Cl)CC2C3)cc1.O=C(O)C(F)(F)F. The highest BCUT2D eigenvalue weighted by Gasteiger charge is 2.39. The van der Waals surface area contributed by atoms with E-state index in [-0.39, 0.29) is 5.91 Å². The van der Waals surface area contributed by atoms with Crippen molar-refractivity contribution in [3.8, 4) is 5.75 Å². The van der Waals surface area contributed by atoms with Gasteiger partial charge in [-0.25, -0.2) is 4.79 Å². The van der Waals surface area contributed by atoms with Gasteiger partial charge in [-0.15, -0.1) is 10.2 Å². The number of likely N-dealkylation sites (tertiary alicyclic amines) is 1. The molecule has 1 saturated heterocycles. The highest BCUT2D eigenvalue weighted by molar-refractivity contribution is 6.31. The number of carboxylic acids is 1. The van der Waals surface area contributed by atoms with Gasteiger partial charge >= 0.3 is 12.1 Å². The third-order valence-electron chi connectivity index (χ3n) is 6.49. The topological polar surface area (TPSA) is 110 Å². The molecule has 2 unspecified atom stereocenters. The number of methoxy groups -OCH3 is 1. The van der Waals surface area contributed by atoms with Gasteiger partial charge in [0.05, 0.1) is 7.11 Å². The zero-order chi connectivity index (χ0) is 27.4. The zero-order valence-corrected chi connectivity index (χ0v) is 21.0. The van der Waals surface area contributed by atoms with Gasteiger partial charge in [-0.2, -0.15) is 13.2 Å². The number of ether oxygens (including phenoxy) is 1. The van der Waals surface area contributed by atoms with Crippen molar-refractivity contribution in [3.05, 3.63) is 70.8 Å². The fraction of sp³-hybridized carbons (Fsp3) is 0.360. The van der Waals surface area contributed by atoms with Gasteiger partial charge in [-0.05, 0) is 47.7 Å². The van der Waals surface area contributed by atoms with Gasteiger partial charge in [0.25, 0.3) is 5.91 Å². The Morgan fingerprint density at radius 2 is 1.74 bits per heavy atom. The number of carbonyl (C=O) groups excluding carboxylic acids is 1. The van der Waals surface area contributed by atoms with Crippen LogP contribution in [0.5, 0.6) is 5.75 Å². The van der Waals surface area contributed by atoms with Crippen LogP contribution in [-0.2, 0) is 24.3 Å². The molecule has 0 radical (unpaired) electrons. The number of carbonyl (C=O) groups is 2. The lowest BCUT2D eigenvalue weighted by Gasteiger charge is -2.25. The summed E-state index contributed by atoms with van der Waals surface area (Å²) in [7, 11) is 1.61. The molecule has 1 amide bonds. The van der Waals surface area contributed by atoms with Crippen molar-refractivity contribution in [1.82, 2.24) is 19.7 Å². The van der Waals surface area contributed by atoms with Gasteiger partial charge in [0, 0.05) is 43.3 Å². The van der Waals surface area contributed by atoms with Crippen LogP contribution in [0.3, 0.4) is 0 Å². The van der Waals surface area contributed by atoms with E-state index in [9.17, 15) is 18.0 Å². The van der Waals surface area contributed by atoms with Crippen LogP contribution in [0.15, 0.2) is 48.5 Å². The molecule has 0 saturated carbocycles. The number of benzene rings is 2. The molecular weight excluding hydrogens is 527 g/mol. The summed E-state index contributed by atoms with van der Waals surface area (Å²) < 4.78 is 38.9. The second-order valence-corrected chi connectivity index (χ2v) is 9.45. The van der Waals surface area contributed by atoms with Crippen molar-refractivity contribution in [2.45, 2.75) is 25.7 Å². The molecule has 0 spiro atoms. The van der Waals surface area contributed by atoms with Crippen LogP contribution in [0.25, 0.3) is 0 Å². The van der Waals surface area contributed by atoms with Gasteiger partial charge in [-0.1, -0.05) is 29.8 Å². The second kappa shape index (κ2) is 11.4. The summed E-state index contributed by atoms with van der Waals surface area (Å²) in [5.41, 5.74) is 1.85. The summed E-state index contributed by atoms with van der Waals surface area (Å²) in [5.74, 6) is -0.00276. The molecule has 13 heteroatoms. The van der Waals surface area contributed by atoms with Crippen molar-refractivity contribution in [3.63, 3.8) is 0 Å². The van der Waals surface area contributed by atoms with E-state index in [2.05, 4.69) is 26.5 Å². The smallest absolute Gasteiger partial charge is 0.490 e. The number of halogens is 4. The van der Waals surface area contributed by atoms with Gasteiger partial charge in [0.15, 0.2) is 0 Å². The molecule has 2 aliphatic heterocycles. The van der Waals surface area contributed by atoms with E-state index < -0.39 is 12.1 Å². The number of amides is 1. The number of anilines is 1. The van der Waals surface area contributed by atoms with Crippen LogP contribution >= 0.6 is 11.6 Å². The van der Waals surface area contributed by atoms with Crippen LogP contribution in [0, 0.1) is 11.8 Å². The molecule has 9 nitrogen and oxygen atoms in total. The number of alkyl halides is 3. The minimum absolute atomic E-state index is 0.242. The Hall–Kier alpha value is -3.64. The maximum Gasteiger partial charge on any atom is 0.490 e. The molecule has 0 aliphatic carbocycles. The standard InChI is InChI=1S/C23H24ClN5O2.C2HF3O2/c1-31-19-8-6-18(7-9-19)25-23(30)22-27-26-21-10-16-12-28(13-17(16)14-29(21)22)11-15-4-2-3-5-20(15)24;3-2(4,5)1(6)7/h2-9,16-17H,10-14H2,1H3,(H,25,30);(H,6,7). The molecule has 38 heavy (non-hydrogen) atoms. The number of fused-ring (bicyclic) bond motifs is 2. The molecular formula is C25H25ClF3N5O4. The Labute approximate surface area is 221 Å². The molecule has 1 fully saturated rings. The normalized spacial score (nSPS) is 18.6. The van der Waals surface area contributed by atoms with Crippen LogP contribution in [0.4, 0.5) is 18.9 Å². The summed E-state index contributed by atoms with van der Waals surface area (Å²) in [6.07, 6.45) is -4.24. The quantitative estimate of drug-likeness (QED) is 0.491. The Balaban J connectivity index is 0.000000426. The van der Waals surface area contributed by atoms with Gasteiger partial charge in [0.2, 0.25) is 5.82 Å². The summed E-state index contributed by atoms with van der Waals surface area (Å²) in [6, 6.07) is 15.3. The maximum atomic E-state index is 12.8. The minimum Gasteiger partial charge on any atom is -0.497 e. The van der Waals surface area contributed by atoms with Crippen molar-refractivity contribution in [1.29, 1.82) is 0 Å². The van der Waals surface area contributed by atoms with Gasteiger partial charge in [-0.3, -0.25) is 9.69 Å².